The Hall–Kier alpha value is -0.240. The van der Waals surface area contributed by atoms with Gasteiger partial charge >= 0.3 is 0 Å². The maximum Gasteiger partial charge on any atom is 0.184 e. The Morgan fingerprint density at radius 2 is 1.55 bits per heavy atom. The summed E-state index contributed by atoms with van der Waals surface area (Å²) < 4.78 is 4.86. The molecule has 0 bridgehead atoms. The van der Waals surface area contributed by atoms with Gasteiger partial charge in [-0.1, -0.05) is 45.4 Å². The molecule has 1 saturated heterocycles. The SMILES string of the molecule is CCCCCCCC[C@]1(O)[C@H](O)[C@H](O)O[C@@H](CO)[C@@H]1O. The van der Waals surface area contributed by atoms with E-state index in [2.05, 4.69) is 6.92 Å². The van der Waals surface area contributed by atoms with E-state index < -0.39 is 36.8 Å². The summed E-state index contributed by atoms with van der Waals surface area (Å²) in [5.74, 6) is 0. The predicted molar refractivity (Wildman–Crippen MR) is 72.9 cm³/mol. The van der Waals surface area contributed by atoms with E-state index >= 15 is 0 Å². The van der Waals surface area contributed by atoms with Crippen molar-refractivity contribution in [2.75, 3.05) is 6.61 Å². The van der Waals surface area contributed by atoms with Crippen molar-refractivity contribution in [3.63, 3.8) is 0 Å². The number of ether oxygens (including phenoxy) is 1. The van der Waals surface area contributed by atoms with Gasteiger partial charge in [0.15, 0.2) is 6.29 Å². The number of rotatable bonds is 8. The molecule has 0 spiro atoms. The lowest BCUT2D eigenvalue weighted by atomic mass is 9.80. The van der Waals surface area contributed by atoms with Crippen LogP contribution in [0.1, 0.15) is 51.9 Å². The normalized spacial score (nSPS) is 38.1. The highest BCUT2D eigenvalue weighted by molar-refractivity contribution is 5.01. The van der Waals surface area contributed by atoms with Gasteiger partial charge in [0.1, 0.15) is 23.9 Å². The number of aliphatic hydroxyl groups excluding tert-OH is 4. The molecule has 0 saturated carbocycles. The van der Waals surface area contributed by atoms with Crippen molar-refractivity contribution in [2.45, 2.75) is 82.1 Å². The van der Waals surface area contributed by atoms with Gasteiger partial charge in [-0.25, -0.2) is 0 Å². The summed E-state index contributed by atoms with van der Waals surface area (Å²) >= 11 is 0. The molecule has 1 aliphatic heterocycles. The summed E-state index contributed by atoms with van der Waals surface area (Å²) in [7, 11) is 0. The van der Waals surface area contributed by atoms with Crippen LogP contribution < -0.4 is 0 Å². The minimum atomic E-state index is -1.84. The van der Waals surface area contributed by atoms with Gasteiger partial charge in [0.25, 0.3) is 0 Å². The number of hydrogen-bond donors (Lipinski definition) is 5. The molecule has 20 heavy (non-hydrogen) atoms. The molecule has 120 valence electrons. The Balaban J connectivity index is 2.49. The van der Waals surface area contributed by atoms with Crippen molar-refractivity contribution in [3.8, 4) is 0 Å². The molecule has 6 heteroatoms. The lowest BCUT2D eigenvalue weighted by Gasteiger charge is -2.46. The lowest BCUT2D eigenvalue weighted by Crippen LogP contribution is -2.67. The van der Waals surface area contributed by atoms with E-state index in [1.807, 2.05) is 0 Å². The first-order chi connectivity index (χ1) is 9.47. The monoisotopic (exact) mass is 292 g/mol. The highest BCUT2D eigenvalue weighted by atomic mass is 16.6. The van der Waals surface area contributed by atoms with E-state index in [9.17, 15) is 20.4 Å². The molecule has 0 aromatic rings. The Morgan fingerprint density at radius 1 is 0.950 bits per heavy atom. The van der Waals surface area contributed by atoms with E-state index in [0.29, 0.717) is 6.42 Å². The smallest absolute Gasteiger partial charge is 0.184 e. The number of aliphatic hydroxyl groups is 5. The Bertz CT molecular complexity index is 274. The van der Waals surface area contributed by atoms with Crippen LogP contribution in [0.2, 0.25) is 0 Å². The molecule has 1 fully saturated rings. The van der Waals surface area contributed by atoms with Gasteiger partial charge in [-0.2, -0.15) is 0 Å². The van der Waals surface area contributed by atoms with Gasteiger partial charge in [0.05, 0.1) is 6.61 Å². The maximum absolute atomic E-state index is 10.4. The second-order valence-corrected chi connectivity index (χ2v) is 5.65. The zero-order valence-corrected chi connectivity index (χ0v) is 12.1. The van der Waals surface area contributed by atoms with Crippen LogP contribution in [0.4, 0.5) is 0 Å². The fraction of sp³-hybridized carbons (Fsp3) is 1.00. The molecular formula is C14H28O6. The molecule has 0 aromatic heterocycles. The van der Waals surface area contributed by atoms with Crippen molar-refractivity contribution in [2.24, 2.45) is 0 Å². The summed E-state index contributed by atoms with van der Waals surface area (Å²) in [6.45, 7) is 1.61. The van der Waals surface area contributed by atoms with E-state index in [0.717, 1.165) is 25.7 Å². The molecule has 6 nitrogen and oxygen atoms in total. The maximum atomic E-state index is 10.4. The van der Waals surface area contributed by atoms with Crippen molar-refractivity contribution >= 4 is 0 Å². The third kappa shape index (κ3) is 4.13. The van der Waals surface area contributed by atoms with Crippen molar-refractivity contribution in [1.82, 2.24) is 0 Å². The molecule has 5 N–H and O–H groups in total. The molecule has 0 unspecified atom stereocenters. The van der Waals surface area contributed by atoms with Crippen LogP contribution in [0.15, 0.2) is 0 Å². The van der Waals surface area contributed by atoms with Crippen LogP contribution in [0, 0.1) is 0 Å². The van der Waals surface area contributed by atoms with Crippen molar-refractivity contribution < 1.29 is 30.3 Å². The fourth-order valence-corrected chi connectivity index (χ4v) is 2.70. The minimum absolute atomic E-state index is 0.165. The van der Waals surface area contributed by atoms with Gasteiger partial charge in [0, 0.05) is 0 Å². The molecule has 1 rings (SSSR count). The fourth-order valence-electron chi connectivity index (χ4n) is 2.70. The Kier molecular flexibility index (Phi) is 7.36. The summed E-state index contributed by atoms with van der Waals surface area (Å²) in [4.78, 5) is 0. The molecular weight excluding hydrogens is 264 g/mol. The van der Waals surface area contributed by atoms with Crippen LogP contribution in [-0.2, 0) is 4.74 Å². The average Bonchev–Trinajstić information content (AvgIpc) is 2.45. The van der Waals surface area contributed by atoms with Gasteiger partial charge in [-0.05, 0) is 6.42 Å². The first-order valence-electron chi connectivity index (χ1n) is 7.50. The largest absolute Gasteiger partial charge is 0.394 e. The lowest BCUT2D eigenvalue weighted by molar-refractivity contribution is -0.323. The first-order valence-corrected chi connectivity index (χ1v) is 7.50. The molecule has 0 radical (unpaired) electrons. The van der Waals surface area contributed by atoms with Gasteiger partial charge < -0.3 is 30.3 Å². The van der Waals surface area contributed by atoms with Crippen LogP contribution in [0.3, 0.4) is 0 Å². The van der Waals surface area contributed by atoms with Crippen molar-refractivity contribution in [3.05, 3.63) is 0 Å². The minimum Gasteiger partial charge on any atom is -0.394 e. The predicted octanol–water partition coefficient (Wildman–Crippen LogP) is -0.101. The molecule has 0 aliphatic carbocycles. The first kappa shape index (κ1) is 17.8. The van der Waals surface area contributed by atoms with E-state index in [1.165, 1.54) is 6.42 Å². The third-order valence-electron chi connectivity index (χ3n) is 4.07. The van der Waals surface area contributed by atoms with E-state index in [-0.39, 0.29) is 6.42 Å². The Morgan fingerprint density at radius 3 is 2.15 bits per heavy atom. The number of unbranched alkanes of at least 4 members (excludes halogenated alkanes) is 5. The van der Waals surface area contributed by atoms with Crippen LogP contribution in [0.25, 0.3) is 0 Å². The van der Waals surface area contributed by atoms with E-state index in [4.69, 9.17) is 9.84 Å². The quantitative estimate of drug-likeness (QED) is 0.400. The standard InChI is InChI=1S/C14H28O6/c1-2-3-4-5-6-7-8-14(19)11(16)10(9-15)20-13(18)12(14)17/h10-13,15-19H,2-9H2,1H3/t10-,11-,12+,13+,14+/m0/s1. The van der Waals surface area contributed by atoms with Crippen LogP contribution in [0.5, 0.6) is 0 Å². The molecule has 5 atom stereocenters. The van der Waals surface area contributed by atoms with Gasteiger partial charge in [0.2, 0.25) is 0 Å². The van der Waals surface area contributed by atoms with Gasteiger partial charge in [-0.15, -0.1) is 0 Å². The van der Waals surface area contributed by atoms with Gasteiger partial charge in [-0.3, -0.25) is 0 Å². The third-order valence-corrected chi connectivity index (χ3v) is 4.07. The highest BCUT2D eigenvalue weighted by Gasteiger charge is 2.53. The molecule has 1 aliphatic rings. The zero-order valence-electron chi connectivity index (χ0n) is 12.1. The second kappa shape index (κ2) is 8.26. The van der Waals surface area contributed by atoms with Crippen molar-refractivity contribution in [1.29, 1.82) is 0 Å². The summed E-state index contributed by atoms with van der Waals surface area (Å²) in [5.41, 5.74) is -1.84. The van der Waals surface area contributed by atoms with E-state index in [1.54, 1.807) is 0 Å². The summed E-state index contributed by atoms with van der Waals surface area (Å²) in [6.07, 6.45) is 0.526. The second-order valence-electron chi connectivity index (χ2n) is 5.65. The zero-order chi connectivity index (χ0) is 15.2. The molecule has 0 amide bonds. The Labute approximate surface area is 120 Å². The summed E-state index contributed by atoms with van der Waals surface area (Å²) in [6, 6.07) is 0. The van der Waals surface area contributed by atoms with Crippen LogP contribution in [-0.4, -0.2) is 62.3 Å². The highest BCUT2D eigenvalue weighted by Crippen LogP contribution is 2.33. The average molecular weight is 292 g/mol. The molecule has 0 aromatic carbocycles. The topological polar surface area (TPSA) is 110 Å². The number of hydrogen-bond acceptors (Lipinski definition) is 6. The van der Waals surface area contributed by atoms with Crippen LogP contribution >= 0.6 is 0 Å². The molecule has 1 heterocycles. The summed E-state index contributed by atoms with van der Waals surface area (Å²) in [5, 5.41) is 48.9.